The lowest BCUT2D eigenvalue weighted by Gasteiger charge is -2.10. The smallest absolute Gasteiger partial charge is 0.0422 e. The van der Waals surface area contributed by atoms with Crippen LogP contribution in [-0.2, 0) is 0 Å². The molecule has 0 bridgehead atoms. The molecule has 0 heteroatoms. The van der Waals surface area contributed by atoms with Crippen LogP contribution in [0.25, 0.3) is 0 Å². The van der Waals surface area contributed by atoms with Gasteiger partial charge >= 0.3 is 0 Å². The second-order valence-electron chi connectivity index (χ2n) is 4.93. The Morgan fingerprint density at radius 1 is 0.786 bits per heavy atom. The summed E-state index contributed by atoms with van der Waals surface area (Å²) >= 11 is 0. The minimum Gasteiger partial charge on any atom is -0.0654 e. The molecule has 0 aromatic heterocycles. The standard InChI is InChI=1S/2C7H16/c1-5-7(4)6(2)3;1-4-6-7(3)5-2/h6-7H,5H2,1-4H3;7H,4-6H2,1-3H3. The van der Waals surface area contributed by atoms with Crippen LogP contribution in [0.2, 0.25) is 0 Å². The Hall–Kier alpha value is 0. The first-order valence-corrected chi connectivity index (χ1v) is 6.49. The molecule has 0 amide bonds. The minimum absolute atomic E-state index is 0.866. The topological polar surface area (TPSA) is 0 Å². The Morgan fingerprint density at radius 3 is 1.36 bits per heavy atom. The normalized spacial score (nSPS) is 14.6. The first-order chi connectivity index (χ1) is 6.49. The molecule has 14 heavy (non-hydrogen) atoms. The average molecular weight is 200 g/mol. The fraction of sp³-hybridized carbons (Fsp3) is 1.00. The predicted octanol–water partition coefficient (Wildman–Crippen LogP) is 5.52. The van der Waals surface area contributed by atoms with Crippen molar-refractivity contribution in [2.24, 2.45) is 17.8 Å². The van der Waals surface area contributed by atoms with E-state index in [1.54, 1.807) is 0 Å². The molecule has 0 nitrogen and oxygen atoms in total. The lowest BCUT2D eigenvalue weighted by atomic mass is 9.96. The van der Waals surface area contributed by atoms with Crippen LogP contribution in [0, 0.1) is 17.8 Å². The molecule has 0 spiro atoms. The second kappa shape index (κ2) is 11.1. The molecule has 0 heterocycles. The maximum Gasteiger partial charge on any atom is -0.0422 e. The monoisotopic (exact) mass is 200 g/mol. The summed E-state index contributed by atoms with van der Waals surface area (Å²) in [5, 5.41) is 0. The van der Waals surface area contributed by atoms with Crippen molar-refractivity contribution < 1.29 is 0 Å². The molecule has 0 saturated heterocycles. The summed E-state index contributed by atoms with van der Waals surface area (Å²) in [7, 11) is 0. The molecule has 2 unspecified atom stereocenters. The van der Waals surface area contributed by atoms with Crippen LogP contribution in [0.3, 0.4) is 0 Å². The van der Waals surface area contributed by atoms with E-state index in [-0.39, 0.29) is 0 Å². The predicted molar refractivity (Wildman–Crippen MR) is 68.7 cm³/mol. The molecule has 0 rings (SSSR count). The van der Waals surface area contributed by atoms with Gasteiger partial charge in [-0.1, -0.05) is 74.1 Å². The van der Waals surface area contributed by atoms with E-state index in [1.165, 1.54) is 25.7 Å². The van der Waals surface area contributed by atoms with Gasteiger partial charge < -0.3 is 0 Å². The van der Waals surface area contributed by atoms with E-state index in [0.717, 1.165) is 17.8 Å². The molecule has 0 aliphatic rings. The second-order valence-corrected chi connectivity index (χ2v) is 4.93. The van der Waals surface area contributed by atoms with Crippen LogP contribution in [0.4, 0.5) is 0 Å². The quantitative estimate of drug-likeness (QED) is 0.548. The van der Waals surface area contributed by atoms with Crippen molar-refractivity contribution >= 4 is 0 Å². The Bertz CT molecular complexity index is 94.2. The SMILES string of the molecule is CCC(C)C(C)C.CCCC(C)CC. The molecule has 2 atom stereocenters. The van der Waals surface area contributed by atoms with E-state index in [1.807, 2.05) is 0 Å². The largest absolute Gasteiger partial charge is 0.0654 e. The molecule has 0 aromatic rings. The van der Waals surface area contributed by atoms with Crippen molar-refractivity contribution in [1.82, 2.24) is 0 Å². The highest BCUT2D eigenvalue weighted by atomic mass is 14.1. The maximum absolute atomic E-state index is 2.31. The fourth-order valence-corrected chi connectivity index (χ4v) is 1.17. The van der Waals surface area contributed by atoms with Gasteiger partial charge in [-0.15, -0.1) is 0 Å². The maximum atomic E-state index is 2.31. The molecule has 0 aliphatic heterocycles. The van der Waals surface area contributed by atoms with E-state index >= 15 is 0 Å². The van der Waals surface area contributed by atoms with Gasteiger partial charge in [0, 0.05) is 0 Å². The average Bonchev–Trinajstić information content (AvgIpc) is 2.17. The van der Waals surface area contributed by atoms with E-state index in [2.05, 4.69) is 48.5 Å². The minimum atomic E-state index is 0.866. The van der Waals surface area contributed by atoms with Gasteiger partial charge in [0.2, 0.25) is 0 Å². The Labute approximate surface area is 92.5 Å². The van der Waals surface area contributed by atoms with Crippen LogP contribution in [-0.4, -0.2) is 0 Å². The van der Waals surface area contributed by atoms with E-state index in [4.69, 9.17) is 0 Å². The molecule has 0 aromatic carbocycles. The first kappa shape index (κ1) is 16.4. The molecule has 0 fully saturated rings. The third kappa shape index (κ3) is 12.0. The van der Waals surface area contributed by atoms with E-state index in [0.29, 0.717) is 0 Å². The van der Waals surface area contributed by atoms with Crippen molar-refractivity contribution in [2.45, 2.75) is 74.1 Å². The summed E-state index contributed by atoms with van der Waals surface area (Å²) in [6.45, 7) is 15.9. The van der Waals surface area contributed by atoms with Crippen LogP contribution < -0.4 is 0 Å². The van der Waals surface area contributed by atoms with Crippen LogP contribution in [0.5, 0.6) is 0 Å². The highest BCUT2D eigenvalue weighted by Crippen LogP contribution is 2.11. The first-order valence-electron chi connectivity index (χ1n) is 6.49. The van der Waals surface area contributed by atoms with Crippen LogP contribution in [0.1, 0.15) is 74.1 Å². The highest BCUT2D eigenvalue weighted by Gasteiger charge is 2.01. The lowest BCUT2D eigenvalue weighted by molar-refractivity contribution is 0.407. The molecule has 0 aliphatic carbocycles. The Morgan fingerprint density at radius 2 is 1.29 bits per heavy atom. The molecule has 0 radical (unpaired) electrons. The summed E-state index contributed by atoms with van der Waals surface area (Å²) in [6, 6.07) is 0. The van der Waals surface area contributed by atoms with Gasteiger partial charge in [-0.2, -0.15) is 0 Å². The number of hydrogen-bond donors (Lipinski definition) is 0. The van der Waals surface area contributed by atoms with Gasteiger partial charge in [-0.25, -0.2) is 0 Å². The zero-order valence-corrected chi connectivity index (χ0v) is 11.6. The van der Waals surface area contributed by atoms with E-state index in [9.17, 15) is 0 Å². The van der Waals surface area contributed by atoms with Gasteiger partial charge in [-0.3, -0.25) is 0 Å². The molecule has 88 valence electrons. The Kier molecular flexibility index (Phi) is 13.0. The molecule has 0 N–H and O–H groups in total. The van der Waals surface area contributed by atoms with Crippen molar-refractivity contribution in [2.75, 3.05) is 0 Å². The van der Waals surface area contributed by atoms with Gasteiger partial charge in [0.25, 0.3) is 0 Å². The summed E-state index contributed by atoms with van der Waals surface area (Å²) in [5.41, 5.74) is 0. The molecular weight excluding hydrogens is 168 g/mol. The zero-order chi connectivity index (χ0) is 11.6. The zero-order valence-electron chi connectivity index (χ0n) is 11.6. The molecular formula is C14H32. The Balaban J connectivity index is 0. The number of hydrogen-bond acceptors (Lipinski definition) is 0. The van der Waals surface area contributed by atoms with Crippen LogP contribution in [0.15, 0.2) is 0 Å². The summed E-state index contributed by atoms with van der Waals surface area (Å²) in [6.07, 6.45) is 5.40. The van der Waals surface area contributed by atoms with Gasteiger partial charge in [0.1, 0.15) is 0 Å². The van der Waals surface area contributed by atoms with Gasteiger partial charge in [0.15, 0.2) is 0 Å². The van der Waals surface area contributed by atoms with Crippen molar-refractivity contribution in [3.05, 3.63) is 0 Å². The molecule has 0 saturated carbocycles. The third-order valence-electron chi connectivity index (χ3n) is 3.26. The van der Waals surface area contributed by atoms with Crippen molar-refractivity contribution in [3.63, 3.8) is 0 Å². The summed E-state index contributed by atoms with van der Waals surface area (Å²) in [4.78, 5) is 0. The summed E-state index contributed by atoms with van der Waals surface area (Å²) in [5.74, 6) is 2.72. The van der Waals surface area contributed by atoms with Crippen molar-refractivity contribution in [3.8, 4) is 0 Å². The lowest BCUT2D eigenvalue weighted by Crippen LogP contribution is -2.00. The number of rotatable bonds is 5. The third-order valence-corrected chi connectivity index (χ3v) is 3.26. The van der Waals surface area contributed by atoms with E-state index < -0.39 is 0 Å². The summed E-state index contributed by atoms with van der Waals surface area (Å²) < 4.78 is 0. The fourth-order valence-electron chi connectivity index (χ4n) is 1.17. The highest BCUT2D eigenvalue weighted by molar-refractivity contribution is 4.52. The van der Waals surface area contributed by atoms with Gasteiger partial charge in [0.05, 0.1) is 0 Å². The van der Waals surface area contributed by atoms with Crippen LogP contribution >= 0.6 is 0 Å². The van der Waals surface area contributed by atoms with Gasteiger partial charge in [-0.05, 0) is 17.8 Å². The van der Waals surface area contributed by atoms with Crippen molar-refractivity contribution in [1.29, 1.82) is 0 Å².